The first-order valence-corrected chi connectivity index (χ1v) is 16.9. The van der Waals surface area contributed by atoms with Crippen LogP contribution in [0.25, 0.3) is 0 Å². The summed E-state index contributed by atoms with van der Waals surface area (Å²) in [5.74, 6) is -1.55. The summed E-state index contributed by atoms with van der Waals surface area (Å²) in [6.45, 7) is 2.71. The number of imidazole rings is 2. The molecule has 0 spiro atoms. The van der Waals surface area contributed by atoms with Crippen molar-refractivity contribution in [2.24, 2.45) is 26.1 Å². The number of hydrogen-bond acceptors (Lipinski definition) is 12. The highest BCUT2D eigenvalue weighted by Gasteiger charge is 2.32. The summed E-state index contributed by atoms with van der Waals surface area (Å²) in [6, 6.07) is 4.73. The SMILES string of the molecule is CCOC(=O)c1nc(OC(=O)c2cc(NC(=O)c3nc(NC(=O)CCCOc4cc5c(cc4OC)C(=O)N4CCC[C@H]4C=N5)cn3C)cn2C)cn1C. The third kappa shape index (κ3) is 7.90. The molecule has 0 aliphatic carbocycles. The number of aryl methyl sites for hydroxylation is 3. The van der Waals surface area contributed by atoms with Crippen molar-refractivity contribution in [2.45, 2.75) is 38.6 Å². The molecule has 3 amide bonds. The third-order valence-corrected chi connectivity index (χ3v) is 8.59. The molecule has 1 saturated heterocycles. The van der Waals surface area contributed by atoms with Crippen LogP contribution in [0.2, 0.25) is 0 Å². The van der Waals surface area contributed by atoms with E-state index in [1.165, 1.54) is 45.5 Å². The quantitative estimate of drug-likeness (QED) is 0.151. The number of hydrogen-bond donors (Lipinski definition) is 2. The summed E-state index contributed by atoms with van der Waals surface area (Å²) in [5, 5.41) is 5.38. The highest BCUT2D eigenvalue weighted by Crippen LogP contribution is 2.38. The summed E-state index contributed by atoms with van der Waals surface area (Å²) in [5.41, 5.74) is 1.36. The Hall–Kier alpha value is -6.46. The fourth-order valence-corrected chi connectivity index (χ4v) is 6.02. The first-order chi connectivity index (χ1) is 25.4. The second-order valence-electron chi connectivity index (χ2n) is 12.4. The molecule has 53 heavy (non-hydrogen) atoms. The standard InChI is InChI=1S/C35H39N9O9/c1-6-51-35(49)31-40-29(19-43(31)4)53-34(48)24-13-20(17-41(24)2)37-32(46)30-39-27(18-42(30)3)38-28(45)10-8-12-52-26-15-23-22(14-25(26)50-5)33(47)44-11-7-9-21(44)16-36-23/h13-19,21H,6-12H2,1-5H3,(H,37,46)(H,38,45)/t21-/m0/s1. The number of rotatable bonds is 13. The first kappa shape index (κ1) is 36.3. The van der Waals surface area contributed by atoms with Crippen molar-refractivity contribution in [3.05, 3.63) is 59.7 Å². The third-order valence-electron chi connectivity index (χ3n) is 8.59. The molecule has 3 aromatic heterocycles. The van der Waals surface area contributed by atoms with Crippen molar-refractivity contribution in [2.75, 3.05) is 37.5 Å². The Labute approximate surface area is 303 Å². The van der Waals surface area contributed by atoms with Gasteiger partial charge in [0.05, 0.1) is 49.5 Å². The minimum absolute atomic E-state index is 0.00784. The van der Waals surface area contributed by atoms with Crippen LogP contribution in [0.1, 0.15) is 74.7 Å². The van der Waals surface area contributed by atoms with E-state index in [1.54, 1.807) is 46.4 Å². The molecule has 0 saturated carbocycles. The first-order valence-electron chi connectivity index (χ1n) is 16.9. The number of amides is 3. The molecule has 2 aliphatic heterocycles. The second-order valence-corrected chi connectivity index (χ2v) is 12.4. The lowest BCUT2D eigenvalue weighted by Gasteiger charge is -2.20. The van der Waals surface area contributed by atoms with Gasteiger partial charge < -0.3 is 48.2 Å². The summed E-state index contributed by atoms with van der Waals surface area (Å²) in [6.07, 6.45) is 8.47. The number of esters is 2. The molecule has 18 heteroatoms. The topological polar surface area (TPSA) is 202 Å². The average molecular weight is 730 g/mol. The minimum atomic E-state index is -0.767. The van der Waals surface area contributed by atoms with Crippen molar-refractivity contribution in [1.82, 2.24) is 28.6 Å². The molecule has 4 aromatic rings. The van der Waals surface area contributed by atoms with Gasteiger partial charge in [-0.1, -0.05) is 0 Å². The molecule has 2 N–H and O–H groups in total. The number of carbonyl (C=O) groups is 5. The van der Waals surface area contributed by atoms with E-state index >= 15 is 0 Å². The maximum atomic E-state index is 13.1. The van der Waals surface area contributed by atoms with Crippen LogP contribution in [0.15, 0.2) is 41.8 Å². The van der Waals surface area contributed by atoms with Crippen LogP contribution in [-0.4, -0.2) is 97.4 Å². The monoisotopic (exact) mass is 729 g/mol. The van der Waals surface area contributed by atoms with E-state index in [9.17, 15) is 24.0 Å². The highest BCUT2D eigenvalue weighted by molar-refractivity contribution is 6.04. The molecular formula is C35H39N9O9. The summed E-state index contributed by atoms with van der Waals surface area (Å²) in [7, 11) is 6.26. The molecule has 1 aromatic carbocycles. The van der Waals surface area contributed by atoms with Gasteiger partial charge in [0.15, 0.2) is 17.3 Å². The Morgan fingerprint density at radius 3 is 2.49 bits per heavy atom. The van der Waals surface area contributed by atoms with Gasteiger partial charge in [-0.15, -0.1) is 0 Å². The number of ether oxygens (including phenoxy) is 4. The smallest absolute Gasteiger partial charge is 0.374 e. The van der Waals surface area contributed by atoms with Gasteiger partial charge in [-0.2, -0.15) is 4.98 Å². The zero-order valence-corrected chi connectivity index (χ0v) is 29.9. The van der Waals surface area contributed by atoms with Gasteiger partial charge in [-0.05, 0) is 38.3 Å². The van der Waals surface area contributed by atoms with Crippen LogP contribution in [0, 0.1) is 0 Å². The van der Waals surface area contributed by atoms with E-state index in [4.69, 9.17) is 18.9 Å². The fourth-order valence-electron chi connectivity index (χ4n) is 6.02. The Bertz CT molecular complexity index is 2110. The van der Waals surface area contributed by atoms with Gasteiger partial charge in [-0.25, -0.2) is 14.6 Å². The minimum Gasteiger partial charge on any atom is -0.493 e. The maximum Gasteiger partial charge on any atom is 0.374 e. The normalized spacial score (nSPS) is 14.6. The number of aliphatic imine (C=N–C) groups is 1. The molecule has 0 radical (unpaired) electrons. The van der Waals surface area contributed by atoms with Crippen LogP contribution in [0.3, 0.4) is 0 Å². The van der Waals surface area contributed by atoms with Gasteiger partial charge in [0.1, 0.15) is 5.69 Å². The molecule has 5 heterocycles. The average Bonchev–Trinajstić information content (AvgIpc) is 3.90. The fraction of sp³-hybridized carbons (Fsp3) is 0.371. The van der Waals surface area contributed by atoms with Crippen LogP contribution < -0.4 is 24.8 Å². The molecule has 1 atom stereocenters. The number of methoxy groups -OCH3 is 1. The number of nitrogens with zero attached hydrogens (tertiary/aromatic N) is 7. The van der Waals surface area contributed by atoms with Crippen molar-refractivity contribution in [3.8, 4) is 17.4 Å². The lowest BCUT2D eigenvalue weighted by molar-refractivity contribution is -0.116. The Kier molecular flexibility index (Phi) is 10.6. The highest BCUT2D eigenvalue weighted by atomic mass is 16.5. The summed E-state index contributed by atoms with van der Waals surface area (Å²) >= 11 is 0. The number of benzene rings is 1. The van der Waals surface area contributed by atoms with E-state index in [0.717, 1.165) is 12.8 Å². The van der Waals surface area contributed by atoms with Gasteiger partial charge in [0.2, 0.25) is 23.4 Å². The van der Waals surface area contributed by atoms with Gasteiger partial charge in [0, 0.05) is 58.8 Å². The Morgan fingerprint density at radius 2 is 1.72 bits per heavy atom. The van der Waals surface area contributed by atoms with Crippen molar-refractivity contribution in [3.63, 3.8) is 0 Å². The summed E-state index contributed by atoms with van der Waals surface area (Å²) < 4.78 is 26.0. The van der Waals surface area contributed by atoms with Crippen molar-refractivity contribution in [1.29, 1.82) is 0 Å². The summed E-state index contributed by atoms with van der Waals surface area (Å²) in [4.78, 5) is 78.5. The van der Waals surface area contributed by atoms with Crippen LogP contribution in [0.5, 0.6) is 17.4 Å². The lowest BCUT2D eigenvalue weighted by Crippen LogP contribution is -2.35. The molecule has 278 valence electrons. The van der Waals surface area contributed by atoms with Crippen molar-refractivity contribution >= 4 is 53.1 Å². The number of nitrogens with one attached hydrogen (secondary N) is 2. The number of carbonyl (C=O) groups excluding carboxylic acids is 5. The number of aromatic nitrogens is 5. The molecule has 0 bridgehead atoms. The second kappa shape index (κ2) is 15.4. The van der Waals surface area contributed by atoms with Crippen molar-refractivity contribution < 1.29 is 42.9 Å². The van der Waals surface area contributed by atoms with Crippen LogP contribution in [0.4, 0.5) is 17.2 Å². The van der Waals surface area contributed by atoms with Gasteiger partial charge in [0.25, 0.3) is 11.8 Å². The largest absolute Gasteiger partial charge is 0.493 e. The van der Waals surface area contributed by atoms with E-state index in [2.05, 4.69) is 25.6 Å². The lowest BCUT2D eigenvalue weighted by atomic mass is 10.1. The van der Waals surface area contributed by atoms with Gasteiger partial charge >= 0.3 is 11.9 Å². The van der Waals surface area contributed by atoms with E-state index in [0.29, 0.717) is 35.7 Å². The zero-order valence-electron chi connectivity index (χ0n) is 29.9. The van der Waals surface area contributed by atoms with E-state index < -0.39 is 17.8 Å². The van der Waals surface area contributed by atoms with Crippen LogP contribution >= 0.6 is 0 Å². The number of fused-ring (bicyclic) bond motifs is 2. The molecule has 18 nitrogen and oxygen atoms in total. The molecule has 0 unspecified atom stereocenters. The predicted octanol–water partition coefficient (Wildman–Crippen LogP) is 3.27. The van der Waals surface area contributed by atoms with Gasteiger partial charge in [-0.3, -0.25) is 19.4 Å². The Morgan fingerprint density at radius 1 is 0.925 bits per heavy atom. The molecule has 1 fully saturated rings. The zero-order chi connectivity index (χ0) is 37.8. The van der Waals surface area contributed by atoms with E-state index in [-0.39, 0.29) is 72.2 Å². The molecule has 2 aliphatic rings. The molecule has 6 rings (SSSR count). The predicted molar refractivity (Wildman–Crippen MR) is 189 cm³/mol. The number of anilines is 2. The Balaban J connectivity index is 1.000. The van der Waals surface area contributed by atoms with Crippen LogP contribution in [-0.2, 0) is 30.7 Å². The molecular weight excluding hydrogens is 690 g/mol. The van der Waals surface area contributed by atoms with E-state index in [1.807, 2.05) is 4.90 Å². The maximum absolute atomic E-state index is 13.1.